The van der Waals surface area contributed by atoms with Gasteiger partial charge >= 0.3 is 0 Å². The highest BCUT2D eigenvalue weighted by Crippen LogP contribution is 2.34. The molecule has 25 heavy (non-hydrogen) atoms. The van der Waals surface area contributed by atoms with E-state index >= 15 is 0 Å². The van der Waals surface area contributed by atoms with Crippen LogP contribution in [0, 0.1) is 0 Å². The van der Waals surface area contributed by atoms with Gasteiger partial charge in [-0.05, 0) is 67.8 Å². The van der Waals surface area contributed by atoms with Gasteiger partial charge in [0.25, 0.3) is 0 Å². The lowest BCUT2D eigenvalue weighted by molar-refractivity contribution is 0.104. The summed E-state index contributed by atoms with van der Waals surface area (Å²) in [5, 5.41) is 19.5. The third-order valence-corrected chi connectivity index (χ3v) is 3.71. The summed E-state index contributed by atoms with van der Waals surface area (Å²) in [7, 11) is 0. The van der Waals surface area contributed by atoms with Gasteiger partial charge in [0.2, 0.25) is 0 Å². The van der Waals surface area contributed by atoms with Crippen LogP contribution in [0.2, 0.25) is 0 Å². The third kappa shape index (κ3) is 4.86. The third-order valence-electron chi connectivity index (χ3n) is 3.71. The summed E-state index contributed by atoms with van der Waals surface area (Å²) < 4.78 is 5.76. The number of hydrogen-bond donors (Lipinski definition) is 2. The maximum absolute atomic E-state index is 12.3. The van der Waals surface area contributed by atoms with E-state index in [0.29, 0.717) is 11.3 Å². The molecule has 0 unspecified atom stereocenters. The molecule has 4 heteroatoms. The fourth-order valence-corrected chi connectivity index (χ4v) is 2.44. The fourth-order valence-electron chi connectivity index (χ4n) is 2.44. The molecule has 2 aromatic rings. The van der Waals surface area contributed by atoms with Gasteiger partial charge in [0.15, 0.2) is 5.78 Å². The van der Waals surface area contributed by atoms with Gasteiger partial charge in [0.05, 0.1) is 6.10 Å². The van der Waals surface area contributed by atoms with E-state index in [0.717, 1.165) is 11.1 Å². The Morgan fingerprint density at radius 2 is 1.68 bits per heavy atom. The molecular formula is C21H24O4. The number of rotatable bonds is 6. The lowest BCUT2D eigenvalue weighted by Gasteiger charge is -2.16. The number of phenols is 2. The number of hydrogen-bond acceptors (Lipinski definition) is 4. The molecular weight excluding hydrogens is 316 g/mol. The number of carbonyl (C=O) groups excluding carboxylic acids is 1. The number of ketones is 1. The second kappa shape index (κ2) is 7.88. The average Bonchev–Trinajstić information content (AvgIpc) is 2.53. The summed E-state index contributed by atoms with van der Waals surface area (Å²) in [6, 6.07) is 9.55. The topological polar surface area (TPSA) is 66.8 Å². The standard InChI is InChI=1S/C21H24O4/c1-13(2)18-11-16(21(12-20(18)24)25-14(3)4)7-10-19(23)15-5-8-17(22)9-6-15/h5-14,22,24H,1-4H3/b10-7+. The van der Waals surface area contributed by atoms with Crippen molar-refractivity contribution >= 4 is 11.9 Å². The molecule has 2 N–H and O–H groups in total. The summed E-state index contributed by atoms with van der Waals surface area (Å²) >= 11 is 0. The lowest BCUT2D eigenvalue weighted by atomic mass is 9.98. The van der Waals surface area contributed by atoms with Crippen molar-refractivity contribution in [3.63, 3.8) is 0 Å². The molecule has 132 valence electrons. The average molecular weight is 340 g/mol. The molecule has 0 saturated carbocycles. The zero-order chi connectivity index (χ0) is 18.6. The van der Waals surface area contributed by atoms with E-state index in [-0.39, 0.29) is 29.3 Å². The molecule has 2 rings (SSSR count). The zero-order valence-electron chi connectivity index (χ0n) is 15.0. The van der Waals surface area contributed by atoms with E-state index in [1.165, 1.54) is 18.2 Å². The van der Waals surface area contributed by atoms with Crippen LogP contribution in [0.1, 0.15) is 55.1 Å². The van der Waals surface area contributed by atoms with Gasteiger partial charge in [0, 0.05) is 17.2 Å². The van der Waals surface area contributed by atoms with Crippen LogP contribution in [-0.2, 0) is 0 Å². The first-order chi connectivity index (χ1) is 11.8. The summed E-state index contributed by atoms with van der Waals surface area (Å²) in [6.45, 7) is 7.80. The molecule has 0 saturated heterocycles. The maximum atomic E-state index is 12.3. The normalized spacial score (nSPS) is 11.4. The van der Waals surface area contributed by atoms with Crippen molar-refractivity contribution in [1.29, 1.82) is 0 Å². The number of benzene rings is 2. The number of allylic oxidation sites excluding steroid dienone is 1. The molecule has 0 bridgehead atoms. The Bertz CT molecular complexity index is 771. The first kappa shape index (κ1) is 18.6. The van der Waals surface area contributed by atoms with Crippen LogP contribution in [0.15, 0.2) is 42.5 Å². The van der Waals surface area contributed by atoms with Crippen molar-refractivity contribution in [2.75, 3.05) is 0 Å². The lowest BCUT2D eigenvalue weighted by Crippen LogP contribution is -2.07. The van der Waals surface area contributed by atoms with Crippen molar-refractivity contribution < 1.29 is 19.7 Å². The zero-order valence-corrected chi connectivity index (χ0v) is 15.0. The fraction of sp³-hybridized carbons (Fsp3) is 0.286. The van der Waals surface area contributed by atoms with Crippen LogP contribution in [0.25, 0.3) is 6.08 Å². The Kier molecular flexibility index (Phi) is 5.86. The Hall–Kier alpha value is -2.75. The number of phenolic OH excluding ortho intramolecular Hbond substituents is 2. The maximum Gasteiger partial charge on any atom is 0.185 e. The van der Waals surface area contributed by atoms with Gasteiger partial charge in [-0.15, -0.1) is 0 Å². The Morgan fingerprint density at radius 3 is 2.24 bits per heavy atom. The molecule has 0 radical (unpaired) electrons. The molecule has 0 aliphatic rings. The van der Waals surface area contributed by atoms with Crippen molar-refractivity contribution in [3.8, 4) is 17.2 Å². The van der Waals surface area contributed by atoms with E-state index in [4.69, 9.17) is 4.74 Å². The minimum atomic E-state index is -0.172. The van der Waals surface area contributed by atoms with E-state index in [1.807, 2.05) is 33.8 Å². The highest BCUT2D eigenvalue weighted by molar-refractivity contribution is 6.07. The van der Waals surface area contributed by atoms with Gasteiger partial charge in [0.1, 0.15) is 17.2 Å². The molecule has 0 spiro atoms. The van der Waals surface area contributed by atoms with E-state index < -0.39 is 0 Å². The molecule has 0 aliphatic heterocycles. The Morgan fingerprint density at radius 1 is 1.04 bits per heavy atom. The molecule has 0 amide bonds. The first-order valence-corrected chi connectivity index (χ1v) is 8.33. The SMILES string of the molecule is CC(C)Oc1cc(O)c(C(C)C)cc1/C=C/C(=O)c1ccc(O)cc1. The van der Waals surface area contributed by atoms with Crippen LogP contribution in [0.3, 0.4) is 0 Å². The molecule has 0 aliphatic carbocycles. The first-order valence-electron chi connectivity index (χ1n) is 8.33. The summed E-state index contributed by atoms with van der Waals surface area (Å²) in [6.07, 6.45) is 3.11. The number of ether oxygens (including phenoxy) is 1. The highest BCUT2D eigenvalue weighted by atomic mass is 16.5. The second-order valence-corrected chi connectivity index (χ2v) is 6.51. The van der Waals surface area contributed by atoms with Crippen molar-refractivity contribution in [2.45, 2.75) is 39.7 Å². The number of carbonyl (C=O) groups is 1. The molecule has 2 aromatic carbocycles. The van der Waals surface area contributed by atoms with Gasteiger partial charge in [-0.2, -0.15) is 0 Å². The van der Waals surface area contributed by atoms with Gasteiger partial charge < -0.3 is 14.9 Å². The highest BCUT2D eigenvalue weighted by Gasteiger charge is 2.13. The van der Waals surface area contributed by atoms with Gasteiger partial charge in [-0.25, -0.2) is 0 Å². The van der Waals surface area contributed by atoms with Crippen LogP contribution < -0.4 is 4.74 Å². The Labute approximate surface area is 148 Å². The quantitative estimate of drug-likeness (QED) is 0.579. The largest absolute Gasteiger partial charge is 0.508 e. The van der Waals surface area contributed by atoms with Crippen molar-refractivity contribution in [1.82, 2.24) is 0 Å². The molecule has 0 fully saturated rings. The molecule has 0 heterocycles. The van der Waals surface area contributed by atoms with E-state index in [9.17, 15) is 15.0 Å². The van der Waals surface area contributed by atoms with Crippen molar-refractivity contribution in [2.24, 2.45) is 0 Å². The molecule has 0 aromatic heterocycles. The second-order valence-electron chi connectivity index (χ2n) is 6.51. The van der Waals surface area contributed by atoms with Crippen LogP contribution in [0.5, 0.6) is 17.2 Å². The summed E-state index contributed by atoms with van der Waals surface area (Å²) in [5.41, 5.74) is 2.03. The predicted molar refractivity (Wildman–Crippen MR) is 99.4 cm³/mol. The van der Waals surface area contributed by atoms with Gasteiger partial charge in [-0.3, -0.25) is 4.79 Å². The predicted octanol–water partition coefficient (Wildman–Crippen LogP) is 4.90. The minimum Gasteiger partial charge on any atom is -0.508 e. The van der Waals surface area contributed by atoms with Gasteiger partial charge in [-0.1, -0.05) is 13.8 Å². The van der Waals surface area contributed by atoms with Crippen molar-refractivity contribution in [3.05, 3.63) is 59.2 Å². The summed E-state index contributed by atoms with van der Waals surface area (Å²) in [5.74, 6) is 0.815. The monoisotopic (exact) mass is 340 g/mol. The molecule has 0 atom stereocenters. The number of aromatic hydroxyl groups is 2. The van der Waals surface area contributed by atoms with Crippen LogP contribution >= 0.6 is 0 Å². The smallest absolute Gasteiger partial charge is 0.185 e. The van der Waals surface area contributed by atoms with Crippen LogP contribution in [0.4, 0.5) is 0 Å². The Balaban J connectivity index is 2.36. The minimum absolute atomic E-state index is 0.0516. The van der Waals surface area contributed by atoms with E-state index in [1.54, 1.807) is 24.3 Å². The van der Waals surface area contributed by atoms with Crippen LogP contribution in [-0.4, -0.2) is 22.1 Å². The summed E-state index contributed by atoms with van der Waals surface area (Å²) in [4.78, 5) is 12.3. The van der Waals surface area contributed by atoms with E-state index in [2.05, 4.69) is 0 Å². The molecule has 4 nitrogen and oxygen atoms in total.